The minimum atomic E-state index is 0.344. The maximum absolute atomic E-state index is 6.19. The van der Waals surface area contributed by atoms with E-state index in [1.54, 1.807) is 0 Å². The second-order valence-corrected chi connectivity index (χ2v) is 6.52. The Kier molecular flexibility index (Phi) is 4.48. The second-order valence-electron chi connectivity index (χ2n) is 6.52. The molecule has 2 aliphatic carbocycles. The van der Waals surface area contributed by atoms with E-state index in [0.29, 0.717) is 5.54 Å². The summed E-state index contributed by atoms with van der Waals surface area (Å²) in [6.07, 6.45) is 9.63. The molecule has 2 nitrogen and oxygen atoms in total. The fourth-order valence-electron chi connectivity index (χ4n) is 3.64. The van der Waals surface area contributed by atoms with Crippen molar-refractivity contribution < 1.29 is 0 Å². The van der Waals surface area contributed by atoms with Gasteiger partial charge in [0.05, 0.1) is 0 Å². The van der Waals surface area contributed by atoms with Crippen LogP contribution in [0, 0.1) is 11.8 Å². The first kappa shape index (κ1) is 13.4. The molecule has 2 atom stereocenters. The van der Waals surface area contributed by atoms with Gasteiger partial charge in [-0.15, -0.1) is 0 Å². The molecule has 0 aromatic rings. The van der Waals surface area contributed by atoms with E-state index in [2.05, 4.69) is 18.7 Å². The van der Waals surface area contributed by atoms with Crippen molar-refractivity contribution in [1.82, 2.24) is 4.90 Å². The maximum atomic E-state index is 6.19. The van der Waals surface area contributed by atoms with Crippen molar-refractivity contribution in [3.05, 3.63) is 0 Å². The molecule has 2 saturated carbocycles. The Morgan fingerprint density at radius 1 is 1.29 bits per heavy atom. The first-order chi connectivity index (χ1) is 8.20. The summed E-state index contributed by atoms with van der Waals surface area (Å²) in [5.41, 5.74) is 6.53. The summed E-state index contributed by atoms with van der Waals surface area (Å²) < 4.78 is 0. The van der Waals surface area contributed by atoms with Crippen LogP contribution in [0.5, 0.6) is 0 Å². The van der Waals surface area contributed by atoms with Crippen LogP contribution in [-0.4, -0.2) is 30.1 Å². The van der Waals surface area contributed by atoms with E-state index in [0.717, 1.165) is 18.4 Å². The summed E-state index contributed by atoms with van der Waals surface area (Å²) in [4.78, 5) is 2.76. The van der Waals surface area contributed by atoms with E-state index in [1.807, 2.05) is 0 Å². The summed E-state index contributed by atoms with van der Waals surface area (Å²) >= 11 is 0. The third kappa shape index (κ3) is 3.23. The van der Waals surface area contributed by atoms with Gasteiger partial charge in [-0.25, -0.2) is 0 Å². The molecule has 2 N–H and O–H groups in total. The van der Waals surface area contributed by atoms with Crippen molar-refractivity contribution >= 4 is 0 Å². The highest BCUT2D eigenvalue weighted by molar-refractivity contribution is 4.97. The summed E-state index contributed by atoms with van der Waals surface area (Å²) in [6.45, 7) is 8.14. The van der Waals surface area contributed by atoms with Gasteiger partial charge < -0.3 is 5.73 Å². The monoisotopic (exact) mass is 238 g/mol. The molecule has 0 aromatic carbocycles. The molecule has 2 fully saturated rings. The first-order valence-electron chi connectivity index (χ1n) is 7.65. The summed E-state index contributed by atoms with van der Waals surface area (Å²) in [6, 6.07) is 0. The summed E-state index contributed by atoms with van der Waals surface area (Å²) in [7, 11) is 0. The topological polar surface area (TPSA) is 29.3 Å². The molecule has 0 amide bonds. The lowest BCUT2D eigenvalue weighted by molar-refractivity contribution is 0.0350. The standard InChI is InChI=1S/C15H30N2/c1-3-9-17(11-14-6-7-14)15(12-16)8-4-5-13(2)10-15/h13-14H,3-12,16H2,1-2H3. The predicted molar refractivity (Wildman–Crippen MR) is 74.0 cm³/mol. The van der Waals surface area contributed by atoms with Gasteiger partial charge in [0.15, 0.2) is 0 Å². The van der Waals surface area contributed by atoms with Crippen LogP contribution in [0.3, 0.4) is 0 Å². The van der Waals surface area contributed by atoms with Gasteiger partial charge >= 0.3 is 0 Å². The third-order valence-electron chi connectivity index (χ3n) is 4.79. The van der Waals surface area contributed by atoms with Crippen LogP contribution in [-0.2, 0) is 0 Å². The Balaban J connectivity index is 2.04. The number of nitrogens with zero attached hydrogens (tertiary/aromatic N) is 1. The smallest absolute Gasteiger partial charge is 0.0334 e. The van der Waals surface area contributed by atoms with E-state index in [4.69, 9.17) is 5.73 Å². The zero-order chi connectivity index (χ0) is 12.3. The number of rotatable bonds is 6. The first-order valence-corrected chi connectivity index (χ1v) is 7.65. The van der Waals surface area contributed by atoms with Crippen LogP contribution >= 0.6 is 0 Å². The van der Waals surface area contributed by atoms with Crippen molar-refractivity contribution in [2.75, 3.05) is 19.6 Å². The van der Waals surface area contributed by atoms with E-state index in [1.165, 1.54) is 58.0 Å². The molecule has 0 radical (unpaired) electrons. The summed E-state index contributed by atoms with van der Waals surface area (Å²) in [5, 5.41) is 0. The van der Waals surface area contributed by atoms with Crippen molar-refractivity contribution in [3.63, 3.8) is 0 Å². The molecule has 0 bridgehead atoms. The zero-order valence-electron chi connectivity index (χ0n) is 11.8. The van der Waals surface area contributed by atoms with Crippen molar-refractivity contribution in [2.45, 2.75) is 64.3 Å². The number of hydrogen-bond acceptors (Lipinski definition) is 2. The lowest BCUT2D eigenvalue weighted by Gasteiger charge is -2.48. The molecule has 0 spiro atoms. The van der Waals surface area contributed by atoms with Crippen LogP contribution in [0.15, 0.2) is 0 Å². The zero-order valence-corrected chi connectivity index (χ0v) is 11.8. The lowest BCUT2D eigenvalue weighted by atomic mass is 9.75. The molecule has 0 saturated heterocycles. The molecule has 0 heterocycles. The lowest BCUT2D eigenvalue weighted by Crippen LogP contribution is -2.57. The Bertz CT molecular complexity index is 237. The van der Waals surface area contributed by atoms with E-state index in [-0.39, 0.29) is 0 Å². The van der Waals surface area contributed by atoms with Crippen molar-refractivity contribution in [3.8, 4) is 0 Å². The Hall–Kier alpha value is -0.0800. The third-order valence-corrected chi connectivity index (χ3v) is 4.79. The van der Waals surface area contributed by atoms with Gasteiger partial charge in [-0.1, -0.05) is 26.7 Å². The molecule has 2 aliphatic rings. The SMILES string of the molecule is CCCN(CC1CC1)C1(CN)CCCC(C)C1. The van der Waals surface area contributed by atoms with Gasteiger partial charge in [0, 0.05) is 18.6 Å². The molecule has 100 valence electrons. The molecule has 0 aromatic heterocycles. The average Bonchev–Trinajstić information content (AvgIpc) is 3.12. The maximum Gasteiger partial charge on any atom is 0.0334 e. The Morgan fingerprint density at radius 2 is 2.06 bits per heavy atom. The highest BCUT2D eigenvalue weighted by Gasteiger charge is 2.40. The molecule has 2 heteroatoms. The van der Waals surface area contributed by atoms with E-state index >= 15 is 0 Å². The van der Waals surface area contributed by atoms with Gasteiger partial charge in [-0.2, -0.15) is 0 Å². The highest BCUT2D eigenvalue weighted by atomic mass is 15.2. The van der Waals surface area contributed by atoms with Crippen LogP contribution in [0.2, 0.25) is 0 Å². The normalized spacial score (nSPS) is 34.2. The highest BCUT2D eigenvalue weighted by Crippen LogP contribution is 2.39. The molecular formula is C15H30N2. The van der Waals surface area contributed by atoms with E-state index in [9.17, 15) is 0 Å². The number of hydrogen-bond donors (Lipinski definition) is 1. The van der Waals surface area contributed by atoms with Crippen LogP contribution in [0.4, 0.5) is 0 Å². The second kappa shape index (κ2) is 5.71. The van der Waals surface area contributed by atoms with Gasteiger partial charge in [0.1, 0.15) is 0 Å². The number of nitrogens with two attached hydrogens (primary N) is 1. The molecular weight excluding hydrogens is 208 g/mol. The van der Waals surface area contributed by atoms with Crippen molar-refractivity contribution in [2.24, 2.45) is 17.6 Å². The average molecular weight is 238 g/mol. The quantitative estimate of drug-likeness (QED) is 0.771. The minimum Gasteiger partial charge on any atom is -0.329 e. The molecule has 2 rings (SSSR count). The van der Waals surface area contributed by atoms with Crippen LogP contribution in [0.25, 0.3) is 0 Å². The molecule has 2 unspecified atom stereocenters. The van der Waals surface area contributed by atoms with Crippen molar-refractivity contribution in [1.29, 1.82) is 0 Å². The Morgan fingerprint density at radius 3 is 2.59 bits per heavy atom. The van der Waals surface area contributed by atoms with Crippen LogP contribution in [0.1, 0.15) is 58.8 Å². The Labute approximate surface area is 107 Å². The predicted octanol–water partition coefficient (Wildman–Crippen LogP) is 3.02. The van der Waals surface area contributed by atoms with Gasteiger partial charge in [-0.3, -0.25) is 4.90 Å². The van der Waals surface area contributed by atoms with Gasteiger partial charge in [-0.05, 0) is 50.5 Å². The largest absolute Gasteiger partial charge is 0.329 e. The fourth-order valence-corrected chi connectivity index (χ4v) is 3.64. The summed E-state index contributed by atoms with van der Waals surface area (Å²) in [5.74, 6) is 1.85. The van der Waals surface area contributed by atoms with Gasteiger partial charge in [0.25, 0.3) is 0 Å². The minimum absolute atomic E-state index is 0.344. The van der Waals surface area contributed by atoms with Gasteiger partial charge in [0.2, 0.25) is 0 Å². The fraction of sp³-hybridized carbons (Fsp3) is 1.00. The van der Waals surface area contributed by atoms with Crippen LogP contribution < -0.4 is 5.73 Å². The molecule has 0 aliphatic heterocycles. The van der Waals surface area contributed by atoms with E-state index < -0.39 is 0 Å². The molecule has 17 heavy (non-hydrogen) atoms.